The molecule has 1 aliphatic rings. The lowest BCUT2D eigenvalue weighted by Crippen LogP contribution is -2.36. The third-order valence-corrected chi connectivity index (χ3v) is 5.36. The van der Waals surface area contributed by atoms with Crippen LogP contribution in [0.3, 0.4) is 0 Å². The summed E-state index contributed by atoms with van der Waals surface area (Å²) in [5.74, 6) is 0.487. The van der Waals surface area contributed by atoms with Gasteiger partial charge in [0.25, 0.3) is 0 Å². The minimum Gasteiger partial charge on any atom is -0.315 e. The molecule has 1 aliphatic heterocycles. The highest BCUT2D eigenvalue weighted by Crippen LogP contribution is 2.25. The van der Waals surface area contributed by atoms with Crippen LogP contribution in [-0.2, 0) is 7.05 Å². The van der Waals surface area contributed by atoms with Gasteiger partial charge in [0.05, 0.1) is 41.1 Å². The molecule has 9 heteroatoms. The Labute approximate surface area is 159 Å². The molecule has 4 aromatic heterocycles. The summed E-state index contributed by atoms with van der Waals surface area (Å²) in [6.07, 6.45) is 7.07. The van der Waals surface area contributed by atoms with Crippen LogP contribution in [0.5, 0.6) is 0 Å². The Morgan fingerprint density at radius 3 is 3.00 bits per heavy atom. The highest BCUT2D eigenvalue weighted by atomic mass is 16.1. The maximum absolute atomic E-state index is 12.9. The van der Waals surface area contributed by atoms with Crippen molar-refractivity contribution in [3.63, 3.8) is 0 Å². The summed E-state index contributed by atoms with van der Waals surface area (Å²) in [7, 11) is 1.75. The molecule has 9 nitrogen and oxygen atoms in total. The summed E-state index contributed by atoms with van der Waals surface area (Å²) in [5.41, 5.74) is 3.27. The van der Waals surface area contributed by atoms with Crippen LogP contribution in [0.15, 0.2) is 35.5 Å². The molecular formula is C19H18N8O. The number of pyridine rings is 1. The molecule has 0 radical (unpaired) electrons. The third kappa shape index (κ3) is 2.42. The lowest BCUT2D eigenvalue weighted by molar-refractivity contribution is 0.368. The van der Waals surface area contributed by atoms with Gasteiger partial charge in [-0.05, 0) is 31.5 Å². The smallest absolute Gasteiger partial charge is 0.315 e. The molecule has 4 aromatic rings. The van der Waals surface area contributed by atoms with E-state index in [1.54, 1.807) is 51.4 Å². The average molecular weight is 374 g/mol. The number of imidazole rings is 1. The standard InChI is InChI=1S/C19H18N8O/c1-25-16-11-22-17(14-10-23-26-6-4-12(8-20)7-15(14)26)24-18(16)27(19(25)28)13-3-2-5-21-9-13/h4,6-7,10-11,13,21H,2-3,5,9H2,1H3/t13-/m1/s1. The quantitative estimate of drug-likeness (QED) is 0.566. The number of nitrogens with zero attached hydrogens (tertiary/aromatic N) is 7. The first kappa shape index (κ1) is 16.6. The number of hydrogen-bond acceptors (Lipinski definition) is 6. The van der Waals surface area contributed by atoms with Crippen LogP contribution >= 0.6 is 0 Å². The minimum atomic E-state index is -0.0817. The number of nitriles is 1. The monoisotopic (exact) mass is 374 g/mol. The van der Waals surface area contributed by atoms with Crippen LogP contribution in [0.2, 0.25) is 0 Å². The van der Waals surface area contributed by atoms with Crippen LogP contribution in [0.4, 0.5) is 0 Å². The zero-order valence-electron chi connectivity index (χ0n) is 15.3. The molecule has 0 bridgehead atoms. The molecule has 1 N–H and O–H groups in total. The fraction of sp³-hybridized carbons (Fsp3) is 0.316. The van der Waals surface area contributed by atoms with Crippen molar-refractivity contribution in [2.24, 2.45) is 7.05 Å². The largest absolute Gasteiger partial charge is 0.330 e. The molecule has 5 heterocycles. The molecule has 0 aromatic carbocycles. The van der Waals surface area contributed by atoms with Gasteiger partial charge in [0.1, 0.15) is 5.52 Å². The topological polar surface area (TPSA) is 106 Å². The van der Waals surface area contributed by atoms with Crippen molar-refractivity contribution < 1.29 is 0 Å². The number of nitrogens with one attached hydrogen (secondary N) is 1. The number of rotatable bonds is 2. The van der Waals surface area contributed by atoms with E-state index in [0.717, 1.165) is 37.0 Å². The van der Waals surface area contributed by atoms with Crippen molar-refractivity contribution in [3.05, 3.63) is 46.8 Å². The molecule has 0 amide bonds. The van der Waals surface area contributed by atoms with E-state index in [4.69, 9.17) is 4.98 Å². The average Bonchev–Trinajstić information content (AvgIpc) is 3.27. The van der Waals surface area contributed by atoms with Crippen LogP contribution in [0, 0.1) is 11.3 Å². The molecule has 0 unspecified atom stereocenters. The molecule has 0 aliphatic carbocycles. The maximum Gasteiger partial charge on any atom is 0.330 e. The van der Waals surface area contributed by atoms with E-state index in [0.29, 0.717) is 22.6 Å². The fourth-order valence-corrected chi connectivity index (χ4v) is 3.87. The van der Waals surface area contributed by atoms with E-state index in [2.05, 4.69) is 21.5 Å². The van der Waals surface area contributed by atoms with Crippen molar-refractivity contribution >= 4 is 16.7 Å². The molecule has 140 valence electrons. The van der Waals surface area contributed by atoms with E-state index in [1.807, 2.05) is 0 Å². The lowest BCUT2D eigenvalue weighted by atomic mass is 10.1. The van der Waals surface area contributed by atoms with Crippen LogP contribution in [0.25, 0.3) is 28.1 Å². The highest BCUT2D eigenvalue weighted by Gasteiger charge is 2.23. The van der Waals surface area contributed by atoms with Gasteiger partial charge in [0.2, 0.25) is 0 Å². The highest BCUT2D eigenvalue weighted by molar-refractivity contribution is 5.80. The van der Waals surface area contributed by atoms with Gasteiger partial charge in [-0.2, -0.15) is 10.4 Å². The van der Waals surface area contributed by atoms with Crippen LogP contribution in [0.1, 0.15) is 24.4 Å². The summed E-state index contributed by atoms with van der Waals surface area (Å²) < 4.78 is 5.06. The van der Waals surface area contributed by atoms with Crippen molar-refractivity contribution in [3.8, 4) is 17.5 Å². The fourth-order valence-electron chi connectivity index (χ4n) is 3.87. The van der Waals surface area contributed by atoms with Crippen LogP contribution in [-0.4, -0.2) is 41.8 Å². The van der Waals surface area contributed by atoms with Crippen LogP contribution < -0.4 is 11.0 Å². The molecule has 1 fully saturated rings. The number of fused-ring (bicyclic) bond motifs is 2. The van der Waals surface area contributed by atoms with Crippen molar-refractivity contribution in [1.29, 1.82) is 5.26 Å². The van der Waals surface area contributed by atoms with Gasteiger partial charge in [-0.1, -0.05) is 0 Å². The summed E-state index contributed by atoms with van der Waals surface area (Å²) in [5, 5.41) is 16.9. The normalized spacial score (nSPS) is 17.2. The van der Waals surface area contributed by atoms with Crippen molar-refractivity contribution in [2.75, 3.05) is 13.1 Å². The van der Waals surface area contributed by atoms with E-state index in [-0.39, 0.29) is 11.7 Å². The predicted molar refractivity (Wildman–Crippen MR) is 103 cm³/mol. The molecule has 1 atom stereocenters. The van der Waals surface area contributed by atoms with Gasteiger partial charge < -0.3 is 5.32 Å². The molecule has 0 saturated carbocycles. The van der Waals surface area contributed by atoms with Gasteiger partial charge in [0.15, 0.2) is 11.5 Å². The summed E-state index contributed by atoms with van der Waals surface area (Å²) in [6.45, 7) is 1.72. The Morgan fingerprint density at radius 1 is 1.32 bits per heavy atom. The third-order valence-electron chi connectivity index (χ3n) is 5.36. The first-order chi connectivity index (χ1) is 13.7. The summed E-state index contributed by atoms with van der Waals surface area (Å²) in [4.78, 5) is 22.1. The first-order valence-corrected chi connectivity index (χ1v) is 9.20. The van der Waals surface area contributed by atoms with Gasteiger partial charge >= 0.3 is 5.69 Å². The lowest BCUT2D eigenvalue weighted by Gasteiger charge is -2.23. The zero-order chi connectivity index (χ0) is 19.3. The molecule has 28 heavy (non-hydrogen) atoms. The first-order valence-electron chi connectivity index (χ1n) is 9.20. The van der Waals surface area contributed by atoms with E-state index >= 15 is 0 Å². The van der Waals surface area contributed by atoms with Crippen molar-refractivity contribution in [1.82, 2.24) is 34.0 Å². The molecule has 5 rings (SSSR count). The van der Waals surface area contributed by atoms with Crippen molar-refractivity contribution in [2.45, 2.75) is 18.9 Å². The van der Waals surface area contributed by atoms with E-state index in [1.165, 1.54) is 0 Å². The second-order valence-corrected chi connectivity index (χ2v) is 7.03. The molecule has 1 saturated heterocycles. The molecular weight excluding hydrogens is 356 g/mol. The van der Waals surface area contributed by atoms with Gasteiger partial charge in [-0.25, -0.2) is 19.3 Å². The van der Waals surface area contributed by atoms with Gasteiger partial charge in [-0.15, -0.1) is 0 Å². The van der Waals surface area contributed by atoms with E-state index < -0.39 is 0 Å². The summed E-state index contributed by atoms with van der Waals surface area (Å²) >= 11 is 0. The number of piperidine rings is 1. The minimum absolute atomic E-state index is 0.0711. The SMILES string of the molecule is Cn1c(=O)n([C@@H]2CCCNC2)c2nc(-c3cnn4ccc(C#N)cc34)ncc21. The Morgan fingerprint density at radius 2 is 2.21 bits per heavy atom. The second-order valence-electron chi connectivity index (χ2n) is 7.03. The Kier molecular flexibility index (Phi) is 3.74. The maximum atomic E-state index is 12.9. The number of aryl methyl sites for hydroxylation is 1. The van der Waals surface area contributed by atoms with Gasteiger partial charge in [0, 0.05) is 19.8 Å². The number of aromatic nitrogens is 6. The molecule has 0 spiro atoms. The summed E-state index contributed by atoms with van der Waals surface area (Å²) in [6, 6.07) is 5.68. The van der Waals surface area contributed by atoms with E-state index in [9.17, 15) is 10.1 Å². The predicted octanol–water partition coefficient (Wildman–Crippen LogP) is 1.24. The Hall–Kier alpha value is -3.51. The number of hydrogen-bond donors (Lipinski definition) is 1. The van der Waals surface area contributed by atoms with Gasteiger partial charge in [-0.3, -0.25) is 9.13 Å². The Bertz CT molecular complexity index is 1300. The second kappa shape index (κ2) is 6.28. The Balaban J connectivity index is 1.72. The zero-order valence-corrected chi connectivity index (χ0v) is 15.3.